The number of nitrogens with one attached hydrogen (secondary N) is 1. The van der Waals surface area contributed by atoms with Crippen LogP contribution in [0.4, 0.5) is 28.9 Å². The molecular weight excluding hydrogens is 462 g/mol. The number of carbonyl (C=O) groups excluding carboxylic acids is 2. The van der Waals surface area contributed by atoms with Crippen molar-refractivity contribution in [1.82, 2.24) is 10.3 Å². The maximum atomic E-state index is 14.6. The summed E-state index contributed by atoms with van der Waals surface area (Å²) >= 11 is 5.42. The third kappa shape index (κ3) is 3.39. The van der Waals surface area contributed by atoms with Crippen LogP contribution >= 0.6 is 12.2 Å². The van der Waals surface area contributed by atoms with Gasteiger partial charge in [-0.3, -0.25) is 14.5 Å². The Morgan fingerprint density at radius 3 is 2.48 bits per heavy atom. The molecule has 2 fully saturated rings. The van der Waals surface area contributed by atoms with Crippen molar-refractivity contribution in [3.8, 4) is 6.07 Å². The van der Waals surface area contributed by atoms with Crippen LogP contribution in [-0.4, -0.2) is 34.5 Å². The topological polar surface area (TPSA) is 89.3 Å². The number of amides is 2. The van der Waals surface area contributed by atoms with E-state index >= 15 is 0 Å². The lowest BCUT2D eigenvalue weighted by atomic mass is 9.75. The largest absolute Gasteiger partial charge is 0.435 e. The van der Waals surface area contributed by atoms with Crippen LogP contribution in [0.5, 0.6) is 0 Å². The van der Waals surface area contributed by atoms with Gasteiger partial charge in [-0.05, 0) is 61.8 Å². The third-order valence-corrected chi connectivity index (χ3v) is 6.14. The summed E-state index contributed by atoms with van der Waals surface area (Å²) in [4.78, 5) is 30.7. The molecule has 1 spiro atoms. The number of carbonyl (C=O) groups is 2. The molecule has 0 bridgehead atoms. The number of benzene rings is 1. The lowest BCUT2D eigenvalue weighted by Gasteiger charge is -2.43. The van der Waals surface area contributed by atoms with E-state index in [4.69, 9.17) is 17.5 Å². The number of hydrogen-bond donors (Lipinski definition) is 1. The molecule has 1 aliphatic heterocycles. The van der Waals surface area contributed by atoms with Crippen LogP contribution < -0.4 is 15.1 Å². The quantitative estimate of drug-likeness (QED) is 0.538. The van der Waals surface area contributed by atoms with Crippen molar-refractivity contribution in [2.75, 3.05) is 16.8 Å². The zero-order valence-corrected chi connectivity index (χ0v) is 17.9. The van der Waals surface area contributed by atoms with Gasteiger partial charge in [-0.2, -0.15) is 18.4 Å². The second kappa shape index (κ2) is 7.77. The van der Waals surface area contributed by atoms with E-state index in [9.17, 15) is 27.2 Å². The summed E-state index contributed by atoms with van der Waals surface area (Å²) in [7, 11) is 1.34. The van der Waals surface area contributed by atoms with Crippen LogP contribution in [0.15, 0.2) is 30.3 Å². The lowest BCUT2D eigenvalue weighted by molar-refractivity contribution is -0.140. The first-order valence-corrected chi connectivity index (χ1v) is 10.1. The van der Waals surface area contributed by atoms with Crippen molar-refractivity contribution in [2.24, 2.45) is 0 Å². The van der Waals surface area contributed by atoms with E-state index in [0.717, 1.165) is 23.1 Å². The fourth-order valence-electron chi connectivity index (χ4n) is 4.06. The number of halogens is 4. The molecule has 4 rings (SSSR count). The number of pyridine rings is 1. The number of anilines is 2. The van der Waals surface area contributed by atoms with E-state index in [0.29, 0.717) is 19.3 Å². The maximum absolute atomic E-state index is 14.6. The van der Waals surface area contributed by atoms with E-state index in [1.54, 1.807) is 6.07 Å². The lowest BCUT2D eigenvalue weighted by Crippen LogP contribution is -2.55. The van der Waals surface area contributed by atoms with E-state index in [2.05, 4.69) is 10.3 Å². The summed E-state index contributed by atoms with van der Waals surface area (Å²) in [5.41, 5.74) is -3.86. The SMILES string of the molecule is CNC(=O)c1ccc(N2C(=S)N(c3ccc(C#N)nc3C(F)(F)F)C(=O)C23CCC3)cc1F. The molecule has 2 aromatic rings. The van der Waals surface area contributed by atoms with Gasteiger partial charge in [0.15, 0.2) is 10.8 Å². The second-order valence-electron chi connectivity index (χ2n) is 7.56. The molecule has 1 aliphatic carbocycles. The molecule has 7 nitrogen and oxygen atoms in total. The smallest absolute Gasteiger partial charge is 0.355 e. The van der Waals surface area contributed by atoms with Gasteiger partial charge in [0.05, 0.1) is 11.3 Å². The first-order chi connectivity index (χ1) is 15.5. The zero-order chi connectivity index (χ0) is 24.1. The predicted molar refractivity (Wildman–Crippen MR) is 113 cm³/mol. The molecule has 2 amide bonds. The van der Waals surface area contributed by atoms with E-state index in [1.807, 2.05) is 0 Å². The van der Waals surface area contributed by atoms with Crippen molar-refractivity contribution in [3.63, 3.8) is 0 Å². The minimum atomic E-state index is -4.96. The Morgan fingerprint density at radius 2 is 1.97 bits per heavy atom. The third-order valence-electron chi connectivity index (χ3n) is 5.77. The standard InChI is InChI=1S/C21H15F4N5O2S/c1-27-17(31)13-5-4-12(9-14(13)22)30-19(33)29(18(32)20(30)7-2-8-20)15-6-3-11(10-26)28-16(15)21(23,24)25/h3-6,9H,2,7-8H2,1H3,(H,27,31). The van der Waals surface area contributed by atoms with Crippen molar-refractivity contribution >= 4 is 40.5 Å². The number of hydrogen-bond acceptors (Lipinski definition) is 5. The highest BCUT2D eigenvalue weighted by Crippen LogP contribution is 2.49. The average molecular weight is 477 g/mol. The van der Waals surface area contributed by atoms with E-state index in [1.165, 1.54) is 24.1 Å². The Kier molecular flexibility index (Phi) is 5.32. The minimum Gasteiger partial charge on any atom is -0.355 e. The molecule has 1 saturated heterocycles. The van der Waals surface area contributed by atoms with Gasteiger partial charge >= 0.3 is 6.18 Å². The van der Waals surface area contributed by atoms with Crippen molar-refractivity contribution in [3.05, 3.63) is 53.1 Å². The van der Waals surface area contributed by atoms with Crippen molar-refractivity contribution in [1.29, 1.82) is 5.26 Å². The first-order valence-electron chi connectivity index (χ1n) is 9.74. The van der Waals surface area contributed by atoms with Crippen LogP contribution in [0.1, 0.15) is 41.0 Å². The molecular formula is C21H15F4N5O2S. The molecule has 170 valence electrons. The minimum absolute atomic E-state index is 0.135. The summed E-state index contributed by atoms with van der Waals surface area (Å²) in [5, 5.41) is 11.0. The highest BCUT2D eigenvalue weighted by atomic mass is 32.1. The van der Waals surface area contributed by atoms with Crippen LogP contribution in [-0.2, 0) is 11.0 Å². The molecule has 0 atom stereocenters. The molecule has 2 heterocycles. The number of alkyl halides is 3. The first kappa shape index (κ1) is 22.6. The normalized spacial score (nSPS) is 17.2. The molecule has 0 radical (unpaired) electrons. The Morgan fingerprint density at radius 1 is 1.27 bits per heavy atom. The van der Waals surface area contributed by atoms with Gasteiger partial charge in [0.1, 0.15) is 23.1 Å². The molecule has 1 N–H and O–H groups in total. The molecule has 0 unspecified atom stereocenters. The van der Waals surface area contributed by atoms with Gasteiger partial charge in [-0.25, -0.2) is 9.37 Å². The average Bonchev–Trinajstić information content (AvgIpc) is 2.98. The van der Waals surface area contributed by atoms with Crippen LogP contribution in [0.3, 0.4) is 0 Å². The molecule has 2 aliphatic rings. The Balaban J connectivity index is 1.84. The fourth-order valence-corrected chi connectivity index (χ4v) is 4.52. The number of nitrogens with zero attached hydrogens (tertiary/aromatic N) is 4. The summed E-state index contributed by atoms with van der Waals surface area (Å²) in [6.07, 6.45) is -3.74. The summed E-state index contributed by atoms with van der Waals surface area (Å²) in [5.74, 6) is -2.21. The predicted octanol–water partition coefficient (Wildman–Crippen LogP) is 3.53. The molecule has 1 aromatic carbocycles. The second-order valence-corrected chi connectivity index (χ2v) is 7.93. The summed E-state index contributed by atoms with van der Waals surface area (Å²) < 4.78 is 55.8. The monoisotopic (exact) mass is 477 g/mol. The number of rotatable bonds is 3. The van der Waals surface area contributed by atoms with Gasteiger partial charge in [0.2, 0.25) is 0 Å². The van der Waals surface area contributed by atoms with Crippen molar-refractivity contribution in [2.45, 2.75) is 31.0 Å². The molecule has 33 heavy (non-hydrogen) atoms. The molecule has 1 aromatic heterocycles. The van der Waals surface area contributed by atoms with Crippen LogP contribution in [0.25, 0.3) is 0 Å². The van der Waals surface area contributed by atoms with E-state index in [-0.39, 0.29) is 16.4 Å². The van der Waals surface area contributed by atoms with Gasteiger partial charge < -0.3 is 10.2 Å². The fraction of sp³-hybridized carbons (Fsp3) is 0.286. The summed E-state index contributed by atoms with van der Waals surface area (Å²) in [6.45, 7) is 0. The summed E-state index contributed by atoms with van der Waals surface area (Å²) in [6, 6.07) is 7.21. The number of thiocarbonyl (C=S) groups is 1. The Bertz CT molecular complexity index is 1240. The Hall–Kier alpha value is -3.59. The Labute approximate surface area is 190 Å². The highest BCUT2D eigenvalue weighted by molar-refractivity contribution is 7.81. The maximum Gasteiger partial charge on any atom is 0.435 e. The number of aromatic nitrogens is 1. The molecule has 12 heteroatoms. The van der Waals surface area contributed by atoms with Gasteiger partial charge in [-0.1, -0.05) is 0 Å². The van der Waals surface area contributed by atoms with Gasteiger partial charge in [0, 0.05) is 12.7 Å². The van der Waals surface area contributed by atoms with Gasteiger partial charge in [0.25, 0.3) is 11.8 Å². The van der Waals surface area contributed by atoms with Crippen LogP contribution in [0.2, 0.25) is 0 Å². The highest BCUT2D eigenvalue weighted by Gasteiger charge is 2.60. The van der Waals surface area contributed by atoms with Crippen LogP contribution in [0, 0.1) is 17.1 Å². The van der Waals surface area contributed by atoms with Crippen molar-refractivity contribution < 1.29 is 27.2 Å². The zero-order valence-electron chi connectivity index (χ0n) is 17.0. The van der Waals surface area contributed by atoms with E-state index < -0.39 is 46.4 Å². The number of nitriles is 1. The van der Waals surface area contributed by atoms with Gasteiger partial charge in [-0.15, -0.1) is 0 Å². The molecule has 1 saturated carbocycles.